The topological polar surface area (TPSA) is 99.8 Å². The Morgan fingerprint density at radius 1 is 1.25 bits per heavy atom. The van der Waals surface area contributed by atoms with Gasteiger partial charge in [-0.3, -0.25) is 14.5 Å². The molecule has 0 bridgehead atoms. The van der Waals surface area contributed by atoms with Crippen molar-refractivity contribution in [1.82, 2.24) is 4.98 Å². The van der Waals surface area contributed by atoms with Crippen LogP contribution in [0, 0.1) is 5.41 Å². The number of thiazole rings is 1. The Bertz CT molecular complexity index is 1180. The van der Waals surface area contributed by atoms with Crippen LogP contribution in [0.2, 0.25) is 0 Å². The zero-order valence-corrected chi connectivity index (χ0v) is 18.8. The van der Waals surface area contributed by atoms with Gasteiger partial charge in [0.2, 0.25) is 5.91 Å². The highest BCUT2D eigenvalue weighted by Crippen LogP contribution is 2.43. The van der Waals surface area contributed by atoms with Gasteiger partial charge in [0, 0.05) is 31.9 Å². The Balaban J connectivity index is 1.44. The summed E-state index contributed by atoms with van der Waals surface area (Å²) in [5, 5.41) is 10.2. The highest BCUT2D eigenvalue weighted by molar-refractivity contribution is 7.22. The molecule has 1 amide bonds. The Labute approximate surface area is 190 Å². The molecule has 8 heteroatoms. The van der Waals surface area contributed by atoms with Crippen LogP contribution < -0.4 is 15.5 Å². The maximum absolute atomic E-state index is 13.7. The number of carboxylic acid groups (broad SMARTS) is 1. The number of amides is 1. The average Bonchev–Trinajstić information content (AvgIpc) is 3.47. The first-order valence-corrected chi connectivity index (χ1v) is 11.6. The highest BCUT2D eigenvalue weighted by atomic mass is 32.1. The van der Waals surface area contributed by atoms with Crippen molar-refractivity contribution in [3.8, 4) is 0 Å². The van der Waals surface area contributed by atoms with Crippen molar-refractivity contribution in [2.24, 2.45) is 11.1 Å². The molecule has 2 heterocycles. The van der Waals surface area contributed by atoms with Gasteiger partial charge < -0.3 is 15.7 Å². The zero-order valence-electron chi connectivity index (χ0n) is 18.0. The van der Waals surface area contributed by atoms with E-state index in [1.54, 1.807) is 11.9 Å². The number of rotatable bonds is 5. The minimum Gasteiger partial charge on any atom is -0.481 e. The summed E-state index contributed by atoms with van der Waals surface area (Å²) >= 11 is 1.45. The maximum atomic E-state index is 13.7. The molecule has 166 valence electrons. The summed E-state index contributed by atoms with van der Waals surface area (Å²) in [6.07, 6.45) is 1.65. The lowest BCUT2D eigenvalue weighted by atomic mass is 9.80. The molecule has 1 saturated heterocycles. The zero-order chi connectivity index (χ0) is 22.5. The predicted molar refractivity (Wildman–Crippen MR) is 126 cm³/mol. The summed E-state index contributed by atoms with van der Waals surface area (Å²) in [5.74, 6) is -1.15. The first-order chi connectivity index (χ1) is 15.3. The number of aliphatic carboxylic acids is 1. The van der Waals surface area contributed by atoms with Crippen molar-refractivity contribution in [3.63, 3.8) is 0 Å². The molecule has 0 saturated carbocycles. The Morgan fingerprint density at radius 2 is 1.97 bits per heavy atom. The number of nitrogens with zero attached hydrogens (tertiary/aromatic N) is 3. The van der Waals surface area contributed by atoms with E-state index in [-0.39, 0.29) is 18.4 Å². The van der Waals surface area contributed by atoms with Crippen LogP contribution >= 0.6 is 11.3 Å². The van der Waals surface area contributed by atoms with Gasteiger partial charge in [-0.25, -0.2) is 4.98 Å². The number of nitrogens with two attached hydrogens (primary N) is 1. The van der Waals surface area contributed by atoms with Crippen LogP contribution in [0.4, 0.5) is 10.8 Å². The van der Waals surface area contributed by atoms with E-state index in [0.29, 0.717) is 18.0 Å². The first kappa shape index (κ1) is 20.9. The molecule has 7 nitrogen and oxygen atoms in total. The minimum atomic E-state index is -0.987. The molecule has 1 fully saturated rings. The van der Waals surface area contributed by atoms with Crippen LogP contribution in [-0.2, 0) is 22.4 Å². The van der Waals surface area contributed by atoms with E-state index >= 15 is 0 Å². The standard InChI is InChI=1S/C24H26N4O3S/c1-27(22(31)24(13-21(29)30)11-15-4-2-3-5-16(15)12-24)23-26-19-10-18(6-7-20(19)32-23)28-9-8-17(25)14-28/h2-7,10,17H,8-9,11-14,25H2,1H3,(H,29,30)/t17-/m0/s1. The lowest BCUT2D eigenvalue weighted by Crippen LogP contribution is -2.44. The largest absolute Gasteiger partial charge is 0.481 e. The van der Waals surface area contributed by atoms with Gasteiger partial charge in [0.15, 0.2) is 5.13 Å². The number of anilines is 2. The van der Waals surface area contributed by atoms with Gasteiger partial charge in [-0.1, -0.05) is 35.6 Å². The van der Waals surface area contributed by atoms with Crippen molar-refractivity contribution < 1.29 is 14.7 Å². The first-order valence-electron chi connectivity index (χ1n) is 10.8. The summed E-state index contributed by atoms with van der Waals surface area (Å²) in [6.45, 7) is 1.76. The average molecular weight is 451 g/mol. The molecule has 1 aliphatic heterocycles. The maximum Gasteiger partial charge on any atom is 0.304 e. The molecule has 0 radical (unpaired) electrons. The number of carboxylic acids is 1. The Kier molecular flexibility index (Phi) is 5.14. The molecule has 3 N–H and O–H groups in total. The second-order valence-corrected chi connectivity index (χ2v) is 9.99. The van der Waals surface area contributed by atoms with Crippen LogP contribution in [-0.4, -0.2) is 48.1 Å². The molecule has 0 unspecified atom stereocenters. The number of fused-ring (bicyclic) bond motifs is 2. The third kappa shape index (κ3) is 3.63. The molecule has 2 aromatic carbocycles. The van der Waals surface area contributed by atoms with Gasteiger partial charge in [0.1, 0.15) is 0 Å². The third-order valence-electron chi connectivity index (χ3n) is 6.66. The number of hydrogen-bond acceptors (Lipinski definition) is 6. The molecule has 32 heavy (non-hydrogen) atoms. The molecule has 5 rings (SSSR count). The van der Waals surface area contributed by atoms with E-state index in [2.05, 4.69) is 11.0 Å². The van der Waals surface area contributed by atoms with Crippen LogP contribution in [0.15, 0.2) is 42.5 Å². The van der Waals surface area contributed by atoms with E-state index in [1.165, 1.54) is 11.3 Å². The van der Waals surface area contributed by atoms with Crippen molar-refractivity contribution in [2.75, 3.05) is 29.9 Å². The van der Waals surface area contributed by atoms with Gasteiger partial charge in [-0.05, 0) is 48.6 Å². The van der Waals surface area contributed by atoms with Crippen molar-refractivity contribution >= 4 is 44.2 Å². The fourth-order valence-electron chi connectivity index (χ4n) is 5.04. The third-order valence-corrected chi connectivity index (χ3v) is 7.77. The van der Waals surface area contributed by atoms with Gasteiger partial charge in [-0.2, -0.15) is 0 Å². The van der Waals surface area contributed by atoms with Gasteiger partial charge in [0.25, 0.3) is 0 Å². The van der Waals surface area contributed by atoms with E-state index in [1.807, 2.05) is 36.4 Å². The molecule has 1 aromatic heterocycles. The Morgan fingerprint density at radius 3 is 2.59 bits per heavy atom. The summed E-state index contributed by atoms with van der Waals surface area (Å²) < 4.78 is 0.994. The number of benzene rings is 2. The van der Waals surface area contributed by atoms with Crippen LogP contribution in [0.1, 0.15) is 24.0 Å². The van der Waals surface area contributed by atoms with Gasteiger partial charge in [0.05, 0.1) is 22.1 Å². The molecular weight excluding hydrogens is 424 g/mol. The normalized spacial score (nSPS) is 19.3. The van der Waals surface area contributed by atoms with Crippen LogP contribution in [0.25, 0.3) is 10.2 Å². The lowest BCUT2D eigenvalue weighted by Gasteiger charge is -2.30. The van der Waals surface area contributed by atoms with E-state index < -0.39 is 11.4 Å². The van der Waals surface area contributed by atoms with Crippen molar-refractivity contribution in [1.29, 1.82) is 0 Å². The van der Waals surface area contributed by atoms with Crippen molar-refractivity contribution in [2.45, 2.75) is 31.7 Å². The fourth-order valence-corrected chi connectivity index (χ4v) is 5.95. The van der Waals surface area contributed by atoms with Crippen molar-refractivity contribution in [3.05, 3.63) is 53.6 Å². The number of hydrogen-bond donors (Lipinski definition) is 2. The molecule has 1 aliphatic carbocycles. The van der Waals surface area contributed by atoms with Crippen LogP contribution in [0.5, 0.6) is 0 Å². The summed E-state index contributed by atoms with van der Waals surface area (Å²) in [5.41, 5.74) is 9.09. The number of aromatic nitrogens is 1. The predicted octanol–water partition coefficient (Wildman–Crippen LogP) is 3.06. The smallest absolute Gasteiger partial charge is 0.304 e. The molecule has 2 aliphatic rings. The van der Waals surface area contributed by atoms with Gasteiger partial charge >= 0.3 is 5.97 Å². The SMILES string of the molecule is CN(C(=O)C1(CC(=O)O)Cc2ccccc2C1)c1nc2cc(N3CC[C@H](N)C3)ccc2s1. The molecule has 0 spiro atoms. The summed E-state index contributed by atoms with van der Waals surface area (Å²) in [7, 11) is 1.70. The number of carbonyl (C=O) groups is 2. The van der Waals surface area contributed by atoms with Gasteiger partial charge in [-0.15, -0.1) is 0 Å². The second-order valence-electron chi connectivity index (χ2n) is 8.98. The Hall–Kier alpha value is -2.97. The van der Waals surface area contributed by atoms with Crippen LogP contribution in [0.3, 0.4) is 0 Å². The second kappa shape index (κ2) is 7.86. The lowest BCUT2D eigenvalue weighted by molar-refractivity contribution is -0.144. The summed E-state index contributed by atoms with van der Waals surface area (Å²) in [6, 6.07) is 14.2. The number of carbonyl (C=O) groups excluding carboxylic acids is 1. The monoisotopic (exact) mass is 450 g/mol. The van der Waals surface area contributed by atoms with E-state index in [0.717, 1.165) is 46.5 Å². The molecule has 3 aromatic rings. The molecular formula is C24H26N4O3S. The molecule has 1 atom stereocenters. The minimum absolute atomic E-state index is 0.194. The highest BCUT2D eigenvalue weighted by Gasteiger charge is 2.47. The van der Waals surface area contributed by atoms with E-state index in [4.69, 9.17) is 10.7 Å². The summed E-state index contributed by atoms with van der Waals surface area (Å²) in [4.78, 5) is 33.9. The quantitative estimate of drug-likeness (QED) is 0.620. The fraction of sp³-hybridized carbons (Fsp3) is 0.375. The van der Waals surface area contributed by atoms with E-state index in [9.17, 15) is 14.7 Å².